The van der Waals surface area contributed by atoms with Gasteiger partial charge in [-0.05, 0) is 18.4 Å². The zero-order valence-electron chi connectivity index (χ0n) is 10.7. The monoisotopic (exact) mass is 274 g/mol. The van der Waals surface area contributed by atoms with Gasteiger partial charge < -0.3 is 10.4 Å². The quantitative estimate of drug-likeness (QED) is 0.851. The molecule has 0 radical (unpaired) electrons. The molecule has 1 atom stereocenters. The van der Waals surface area contributed by atoms with E-state index in [-0.39, 0.29) is 12.6 Å². The molecule has 0 bridgehead atoms. The summed E-state index contributed by atoms with van der Waals surface area (Å²) in [4.78, 5) is 5.72. The predicted octanol–water partition coefficient (Wildman–Crippen LogP) is 2.84. The van der Waals surface area contributed by atoms with Crippen LogP contribution in [0, 0.1) is 0 Å². The number of nitrogens with one attached hydrogen (secondary N) is 1. The van der Waals surface area contributed by atoms with Crippen LogP contribution in [0.5, 0.6) is 0 Å². The molecule has 1 aromatic carbocycles. The summed E-state index contributed by atoms with van der Waals surface area (Å²) in [5, 5.41) is 14.2. The average Bonchev–Trinajstić information content (AvgIpc) is 3.20. The van der Waals surface area contributed by atoms with Crippen molar-refractivity contribution in [1.82, 2.24) is 10.3 Å². The number of aromatic nitrogens is 1. The van der Waals surface area contributed by atoms with E-state index in [1.54, 1.807) is 11.3 Å². The highest BCUT2D eigenvalue weighted by molar-refractivity contribution is 7.11. The summed E-state index contributed by atoms with van der Waals surface area (Å²) in [7, 11) is 0. The van der Waals surface area contributed by atoms with Crippen molar-refractivity contribution in [1.29, 1.82) is 0 Å². The first-order valence-corrected chi connectivity index (χ1v) is 7.52. The summed E-state index contributed by atoms with van der Waals surface area (Å²) in [5.41, 5.74) is 1.12. The van der Waals surface area contributed by atoms with Crippen LogP contribution < -0.4 is 5.32 Å². The molecule has 0 saturated heterocycles. The highest BCUT2D eigenvalue weighted by atomic mass is 32.1. The first kappa shape index (κ1) is 12.8. The van der Waals surface area contributed by atoms with Crippen molar-refractivity contribution in [3.05, 3.63) is 52.0 Å². The van der Waals surface area contributed by atoms with Gasteiger partial charge in [-0.1, -0.05) is 30.3 Å². The fraction of sp³-hybridized carbons (Fsp3) is 0.400. The molecule has 2 N–H and O–H groups in total. The number of hydrogen-bond acceptors (Lipinski definition) is 4. The molecule has 1 aliphatic rings. The Bertz CT molecular complexity index is 522. The van der Waals surface area contributed by atoms with Crippen LogP contribution in [0.25, 0.3) is 0 Å². The van der Waals surface area contributed by atoms with Gasteiger partial charge in [0.15, 0.2) is 0 Å². The third-order valence-electron chi connectivity index (χ3n) is 3.41. The van der Waals surface area contributed by atoms with Crippen molar-refractivity contribution in [2.75, 3.05) is 6.61 Å². The fourth-order valence-corrected chi connectivity index (χ4v) is 3.16. The molecule has 3 rings (SSSR count). The third-order valence-corrected chi connectivity index (χ3v) is 4.57. The normalized spacial score (nSPS) is 16.5. The number of nitrogens with zero attached hydrogens (tertiary/aromatic N) is 1. The van der Waals surface area contributed by atoms with E-state index >= 15 is 0 Å². The van der Waals surface area contributed by atoms with Crippen LogP contribution in [-0.4, -0.2) is 16.7 Å². The number of benzene rings is 1. The maximum atomic E-state index is 9.49. The van der Waals surface area contributed by atoms with Crippen molar-refractivity contribution in [3.8, 4) is 0 Å². The first-order valence-electron chi connectivity index (χ1n) is 6.70. The predicted molar refractivity (Wildman–Crippen MR) is 77.2 cm³/mol. The Labute approximate surface area is 117 Å². The minimum absolute atomic E-state index is 0.00678. The van der Waals surface area contributed by atoms with Gasteiger partial charge in [0.25, 0.3) is 0 Å². The number of rotatable bonds is 6. The number of aliphatic hydroxyl groups excluding tert-OH is 1. The SMILES string of the molecule is OCC(NCc1cnc(C2CC2)s1)c1ccccc1. The highest BCUT2D eigenvalue weighted by Gasteiger charge is 2.26. The Kier molecular flexibility index (Phi) is 3.92. The van der Waals surface area contributed by atoms with Crippen LogP contribution in [0.2, 0.25) is 0 Å². The third kappa shape index (κ3) is 3.21. The van der Waals surface area contributed by atoms with Crippen LogP contribution in [0.1, 0.15) is 40.2 Å². The Morgan fingerprint density at radius 3 is 2.79 bits per heavy atom. The fourth-order valence-electron chi connectivity index (χ4n) is 2.12. The smallest absolute Gasteiger partial charge is 0.0959 e. The average molecular weight is 274 g/mol. The summed E-state index contributed by atoms with van der Waals surface area (Å²) in [5.74, 6) is 0.724. The van der Waals surface area contributed by atoms with Crippen molar-refractivity contribution >= 4 is 11.3 Å². The lowest BCUT2D eigenvalue weighted by Gasteiger charge is -2.15. The lowest BCUT2D eigenvalue weighted by Crippen LogP contribution is -2.23. The van der Waals surface area contributed by atoms with Crippen molar-refractivity contribution in [2.24, 2.45) is 0 Å². The second kappa shape index (κ2) is 5.82. The molecule has 1 fully saturated rings. The minimum atomic E-state index is -0.00678. The van der Waals surface area contributed by atoms with E-state index < -0.39 is 0 Å². The molecule has 2 aromatic rings. The van der Waals surface area contributed by atoms with Crippen LogP contribution in [0.4, 0.5) is 0 Å². The lowest BCUT2D eigenvalue weighted by atomic mass is 10.1. The maximum absolute atomic E-state index is 9.49. The molecular formula is C15H18N2OS. The van der Waals surface area contributed by atoms with Crippen LogP contribution in [0.3, 0.4) is 0 Å². The van der Waals surface area contributed by atoms with E-state index in [2.05, 4.69) is 10.3 Å². The van der Waals surface area contributed by atoms with Gasteiger partial charge in [0.2, 0.25) is 0 Å². The Balaban J connectivity index is 1.60. The summed E-state index contributed by atoms with van der Waals surface area (Å²) in [6.45, 7) is 0.878. The second-order valence-corrected chi connectivity index (χ2v) is 6.11. The van der Waals surface area contributed by atoms with Gasteiger partial charge in [0.05, 0.1) is 17.7 Å². The summed E-state index contributed by atoms with van der Waals surface area (Å²) >= 11 is 1.80. The molecule has 1 heterocycles. The van der Waals surface area contributed by atoms with E-state index in [9.17, 15) is 5.11 Å². The molecule has 0 aliphatic heterocycles. The zero-order valence-corrected chi connectivity index (χ0v) is 11.6. The molecule has 3 nitrogen and oxygen atoms in total. The minimum Gasteiger partial charge on any atom is -0.394 e. The van der Waals surface area contributed by atoms with Gasteiger partial charge in [-0.25, -0.2) is 4.98 Å². The first-order chi connectivity index (χ1) is 9.36. The second-order valence-electron chi connectivity index (χ2n) is 4.97. The van der Waals surface area contributed by atoms with Gasteiger partial charge in [0.1, 0.15) is 0 Å². The molecule has 4 heteroatoms. The van der Waals surface area contributed by atoms with E-state index in [0.717, 1.165) is 18.0 Å². The molecule has 1 unspecified atom stereocenters. The maximum Gasteiger partial charge on any atom is 0.0959 e. The van der Waals surface area contributed by atoms with Gasteiger partial charge in [0, 0.05) is 23.5 Å². The Hall–Kier alpha value is -1.23. The van der Waals surface area contributed by atoms with E-state index in [0.29, 0.717) is 0 Å². The Morgan fingerprint density at radius 1 is 1.32 bits per heavy atom. The molecule has 1 saturated carbocycles. The largest absolute Gasteiger partial charge is 0.394 e. The van der Waals surface area contributed by atoms with Gasteiger partial charge >= 0.3 is 0 Å². The Morgan fingerprint density at radius 2 is 2.11 bits per heavy atom. The highest BCUT2D eigenvalue weighted by Crippen LogP contribution is 2.41. The van der Waals surface area contributed by atoms with Gasteiger partial charge in [-0.3, -0.25) is 0 Å². The van der Waals surface area contributed by atoms with Crippen molar-refractivity contribution < 1.29 is 5.11 Å². The number of aliphatic hydroxyl groups is 1. The van der Waals surface area contributed by atoms with Crippen LogP contribution in [-0.2, 0) is 6.54 Å². The molecule has 1 aliphatic carbocycles. The van der Waals surface area contributed by atoms with Crippen molar-refractivity contribution in [3.63, 3.8) is 0 Å². The van der Waals surface area contributed by atoms with Crippen LogP contribution in [0.15, 0.2) is 36.5 Å². The van der Waals surface area contributed by atoms with E-state index in [4.69, 9.17) is 0 Å². The van der Waals surface area contributed by atoms with Gasteiger partial charge in [-0.2, -0.15) is 0 Å². The summed E-state index contributed by atoms with van der Waals surface area (Å²) in [6.07, 6.45) is 4.55. The van der Waals surface area contributed by atoms with E-state index in [1.807, 2.05) is 36.5 Å². The zero-order chi connectivity index (χ0) is 13.1. The molecular weight excluding hydrogens is 256 g/mol. The summed E-state index contributed by atoms with van der Waals surface area (Å²) < 4.78 is 0. The topological polar surface area (TPSA) is 45.1 Å². The van der Waals surface area contributed by atoms with Crippen LogP contribution >= 0.6 is 11.3 Å². The summed E-state index contributed by atoms with van der Waals surface area (Å²) in [6, 6.07) is 10.1. The van der Waals surface area contributed by atoms with Crippen molar-refractivity contribution in [2.45, 2.75) is 31.3 Å². The van der Waals surface area contributed by atoms with E-state index in [1.165, 1.54) is 22.7 Å². The number of thiazole rings is 1. The standard InChI is InChI=1S/C15H18N2OS/c18-10-14(11-4-2-1-3-5-11)16-8-13-9-17-15(19-13)12-6-7-12/h1-5,9,12,14,16,18H,6-8,10H2. The lowest BCUT2D eigenvalue weighted by molar-refractivity contribution is 0.244. The molecule has 100 valence electrons. The molecule has 1 aromatic heterocycles. The molecule has 0 amide bonds. The van der Waals surface area contributed by atoms with Gasteiger partial charge in [-0.15, -0.1) is 11.3 Å². The molecule has 0 spiro atoms. The number of hydrogen-bond donors (Lipinski definition) is 2. The molecule has 19 heavy (non-hydrogen) atoms.